The Kier molecular flexibility index (Phi) is 4.83. The average molecular weight is 262 g/mol. The quantitative estimate of drug-likeness (QED) is 0.906. The number of morpholine rings is 1. The van der Waals surface area contributed by atoms with Crippen LogP contribution < -0.4 is 10.6 Å². The summed E-state index contributed by atoms with van der Waals surface area (Å²) in [5.41, 5.74) is 8.45. The van der Waals surface area contributed by atoms with Gasteiger partial charge in [0.2, 0.25) is 0 Å². The maximum Gasteiger partial charge on any atom is 0.0723 e. The average Bonchev–Trinajstić information content (AvgIpc) is 2.39. The van der Waals surface area contributed by atoms with Crippen molar-refractivity contribution in [1.29, 1.82) is 0 Å². The molecule has 19 heavy (non-hydrogen) atoms. The third-order valence-corrected chi connectivity index (χ3v) is 3.76. The first kappa shape index (κ1) is 14.4. The van der Waals surface area contributed by atoms with Gasteiger partial charge in [0.05, 0.1) is 18.8 Å². The Labute approximate surface area is 116 Å². The van der Waals surface area contributed by atoms with E-state index in [1.807, 2.05) is 6.92 Å². The molecule has 0 bridgehead atoms. The molecule has 0 amide bonds. The van der Waals surface area contributed by atoms with Gasteiger partial charge in [-0.15, -0.1) is 0 Å². The van der Waals surface area contributed by atoms with Crippen LogP contribution in [0.15, 0.2) is 24.3 Å². The number of hydrogen-bond donors (Lipinski definition) is 1. The van der Waals surface area contributed by atoms with Gasteiger partial charge < -0.3 is 15.4 Å². The van der Waals surface area contributed by atoms with Crippen LogP contribution in [0, 0.1) is 0 Å². The van der Waals surface area contributed by atoms with Gasteiger partial charge in [-0.3, -0.25) is 0 Å². The summed E-state index contributed by atoms with van der Waals surface area (Å²) in [5, 5.41) is 0. The predicted octanol–water partition coefficient (Wildman–Crippen LogP) is 2.58. The van der Waals surface area contributed by atoms with Crippen LogP contribution in [0.5, 0.6) is 0 Å². The van der Waals surface area contributed by atoms with Gasteiger partial charge in [-0.05, 0) is 44.4 Å². The van der Waals surface area contributed by atoms with Crippen molar-refractivity contribution in [3.05, 3.63) is 29.8 Å². The van der Waals surface area contributed by atoms with Crippen LogP contribution in [0.1, 0.15) is 32.8 Å². The number of nitrogens with two attached hydrogens (primary N) is 1. The molecule has 1 aromatic rings. The molecule has 1 heterocycles. The number of rotatable bonds is 4. The Balaban J connectivity index is 2.10. The van der Waals surface area contributed by atoms with Crippen LogP contribution >= 0.6 is 0 Å². The van der Waals surface area contributed by atoms with E-state index in [1.165, 1.54) is 11.3 Å². The summed E-state index contributed by atoms with van der Waals surface area (Å²) < 4.78 is 5.75. The third kappa shape index (κ3) is 3.71. The summed E-state index contributed by atoms with van der Waals surface area (Å²) in [6.07, 6.45) is 2.37. The van der Waals surface area contributed by atoms with E-state index in [9.17, 15) is 0 Å². The lowest BCUT2D eigenvalue weighted by molar-refractivity contribution is 0.0299. The molecule has 2 N–H and O–H groups in total. The molecule has 0 saturated carbocycles. The second-order valence-electron chi connectivity index (χ2n) is 5.71. The van der Waals surface area contributed by atoms with Crippen molar-refractivity contribution in [2.75, 3.05) is 18.1 Å². The zero-order valence-electron chi connectivity index (χ0n) is 12.3. The van der Waals surface area contributed by atoms with Crippen LogP contribution in [0.2, 0.25) is 0 Å². The van der Waals surface area contributed by atoms with Gasteiger partial charge in [0, 0.05) is 18.3 Å². The molecule has 0 aliphatic carbocycles. The largest absolute Gasteiger partial charge is 0.375 e. The van der Waals surface area contributed by atoms with E-state index >= 15 is 0 Å². The molecule has 1 saturated heterocycles. The van der Waals surface area contributed by atoms with E-state index in [0.717, 1.165) is 26.0 Å². The van der Waals surface area contributed by atoms with Crippen molar-refractivity contribution in [3.63, 3.8) is 0 Å². The highest BCUT2D eigenvalue weighted by Gasteiger charge is 2.25. The lowest BCUT2D eigenvalue weighted by Crippen LogP contribution is -2.48. The van der Waals surface area contributed by atoms with Crippen molar-refractivity contribution < 1.29 is 4.74 Å². The van der Waals surface area contributed by atoms with Crippen molar-refractivity contribution >= 4 is 5.69 Å². The molecule has 3 nitrogen and oxygen atoms in total. The van der Waals surface area contributed by atoms with Gasteiger partial charge in [-0.1, -0.05) is 19.1 Å². The summed E-state index contributed by atoms with van der Waals surface area (Å²) in [5.74, 6) is 0. The lowest BCUT2D eigenvalue weighted by Gasteiger charge is -2.40. The van der Waals surface area contributed by atoms with Crippen LogP contribution in [-0.4, -0.2) is 31.3 Å². The van der Waals surface area contributed by atoms with Crippen LogP contribution in [-0.2, 0) is 11.2 Å². The maximum absolute atomic E-state index is 5.84. The highest BCUT2D eigenvalue weighted by Crippen LogP contribution is 2.24. The molecule has 1 aliphatic rings. The molecule has 1 aliphatic heterocycles. The maximum atomic E-state index is 5.84. The Morgan fingerprint density at radius 2 is 2.05 bits per heavy atom. The minimum absolute atomic E-state index is 0.220. The minimum Gasteiger partial charge on any atom is -0.375 e. The predicted molar refractivity (Wildman–Crippen MR) is 80.6 cm³/mol. The van der Waals surface area contributed by atoms with Crippen molar-refractivity contribution in [2.45, 2.75) is 51.8 Å². The van der Waals surface area contributed by atoms with Crippen molar-refractivity contribution in [1.82, 2.24) is 0 Å². The zero-order chi connectivity index (χ0) is 13.8. The number of anilines is 1. The second-order valence-corrected chi connectivity index (χ2v) is 5.71. The molecule has 3 atom stereocenters. The summed E-state index contributed by atoms with van der Waals surface area (Å²) in [4.78, 5) is 2.48. The Morgan fingerprint density at radius 3 is 2.63 bits per heavy atom. The van der Waals surface area contributed by atoms with Crippen LogP contribution in [0.4, 0.5) is 5.69 Å². The summed E-state index contributed by atoms with van der Waals surface area (Å²) >= 11 is 0. The molecule has 2 rings (SSSR count). The molecule has 3 heteroatoms. The molecule has 1 aromatic carbocycles. The zero-order valence-corrected chi connectivity index (χ0v) is 12.3. The second kappa shape index (κ2) is 6.40. The highest BCUT2D eigenvalue weighted by molar-refractivity contribution is 5.49. The topological polar surface area (TPSA) is 38.5 Å². The molecule has 0 aromatic heterocycles. The Hall–Kier alpha value is -1.06. The molecule has 106 valence electrons. The summed E-state index contributed by atoms with van der Waals surface area (Å²) in [6.45, 7) is 8.22. The molecular formula is C16H26N2O. The standard InChI is InChI=1S/C16H26N2O/c1-4-15-11-19-13(3)10-18(15)16-7-5-14(6-8-16)9-12(2)17/h5-8,12-13,15H,4,9-11,17H2,1-3H3. The van der Waals surface area contributed by atoms with Gasteiger partial charge in [-0.2, -0.15) is 0 Å². The monoisotopic (exact) mass is 262 g/mol. The van der Waals surface area contributed by atoms with Crippen LogP contribution in [0.3, 0.4) is 0 Å². The highest BCUT2D eigenvalue weighted by atomic mass is 16.5. The van der Waals surface area contributed by atoms with Gasteiger partial charge in [0.25, 0.3) is 0 Å². The van der Waals surface area contributed by atoms with Gasteiger partial charge >= 0.3 is 0 Å². The number of hydrogen-bond acceptors (Lipinski definition) is 3. The van der Waals surface area contributed by atoms with E-state index in [2.05, 4.69) is 43.0 Å². The van der Waals surface area contributed by atoms with Crippen molar-refractivity contribution in [2.24, 2.45) is 5.73 Å². The first-order valence-corrected chi connectivity index (χ1v) is 7.33. The molecule has 0 radical (unpaired) electrons. The molecule has 1 fully saturated rings. The first-order valence-electron chi connectivity index (χ1n) is 7.33. The fourth-order valence-corrected chi connectivity index (χ4v) is 2.69. The number of benzene rings is 1. The van der Waals surface area contributed by atoms with E-state index in [-0.39, 0.29) is 6.04 Å². The molecular weight excluding hydrogens is 236 g/mol. The van der Waals surface area contributed by atoms with Gasteiger partial charge in [0.1, 0.15) is 0 Å². The number of nitrogens with zero attached hydrogens (tertiary/aromatic N) is 1. The first-order chi connectivity index (χ1) is 9.10. The van der Waals surface area contributed by atoms with Gasteiger partial charge in [0.15, 0.2) is 0 Å². The SMILES string of the molecule is CCC1COC(C)CN1c1ccc(CC(C)N)cc1. The lowest BCUT2D eigenvalue weighted by atomic mass is 10.1. The summed E-state index contributed by atoms with van der Waals surface area (Å²) in [6, 6.07) is 9.56. The molecule has 0 spiro atoms. The fraction of sp³-hybridized carbons (Fsp3) is 0.625. The van der Waals surface area contributed by atoms with E-state index < -0.39 is 0 Å². The Bertz CT molecular complexity index is 388. The van der Waals surface area contributed by atoms with Crippen LogP contribution in [0.25, 0.3) is 0 Å². The third-order valence-electron chi connectivity index (χ3n) is 3.76. The normalized spacial score (nSPS) is 25.4. The molecule has 3 unspecified atom stereocenters. The van der Waals surface area contributed by atoms with E-state index in [1.54, 1.807) is 0 Å². The summed E-state index contributed by atoms with van der Waals surface area (Å²) in [7, 11) is 0. The minimum atomic E-state index is 0.220. The Morgan fingerprint density at radius 1 is 1.37 bits per heavy atom. The van der Waals surface area contributed by atoms with E-state index in [0.29, 0.717) is 12.1 Å². The number of ether oxygens (including phenoxy) is 1. The smallest absolute Gasteiger partial charge is 0.0723 e. The van der Waals surface area contributed by atoms with Gasteiger partial charge in [-0.25, -0.2) is 0 Å². The fourth-order valence-electron chi connectivity index (χ4n) is 2.69. The van der Waals surface area contributed by atoms with E-state index in [4.69, 9.17) is 10.5 Å². The van der Waals surface area contributed by atoms with Crippen molar-refractivity contribution in [3.8, 4) is 0 Å².